The molecule has 0 aliphatic carbocycles. The van der Waals surface area contributed by atoms with Crippen LogP contribution in [0.15, 0.2) is 77.9 Å². The third-order valence-electron chi connectivity index (χ3n) is 6.83. The van der Waals surface area contributed by atoms with Gasteiger partial charge in [-0.2, -0.15) is 18.3 Å². The summed E-state index contributed by atoms with van der Waals surface area (Å²) >= 11 is 0. The molecule has 2 amide bonds. The van der Waals surface area contributed by atoms with Gasteiger partial charge in [0.25, 0.3) is 11.8 Å². The quantitative estimate of drug-likeness (QED) is 0.366. The summed E-state index contributed by atoms with van der Waals surface area (Å²) in [5, 5.41) is 6.11. The minimum absolute atomic E-state index is 0.0484. The Hall–Kier alpha value is -3.98. The summed E-state index contributed by atoms with van der Waals surface area (Å²) in [5.41, 5.74) is 4.06. The number of hydrazone groups is 1. The number of hydrogen-bond acceptors (Lipinski definition) is 4. The second-order valence-corrected chi connectivity index (χ2v) is 9.51. The molecule has 1 aliphatic rings. The number of amides is 2. The minimum atomic E-state index is -4.51. The fourth-order valence-electron chi connectivity index (χ4n) is 4.44. The van der Waals surface area contributed by atoms with Crippen LogP contribution in [0.3, 0.4) is 0 Å². The van der Waals surface area contributed by atoms with Crippen LogP contribution in [0, 0.1) is 13.8 Å². The van der Waals surface area contributed by atoms with Crippen molar-refractivity contribution in [2.75, 3.05) is 26.8 Å². The van der Waals surface area contributed by atoms with Gasteiger partial charge in [-0.15, -0.1) is 0 Å². The standard InChI is InChI=1S/C30H30F3N3O3/c1-20-9-10-24(17-21(20)2)26-18-27(22-7-5-4-6-8-22)36(34-26)28(37)19-35(15-16-39-3)29(38)23-11-13-25(14-12-23)30(31,32)33/h4-14,17,27H,15-16,18-19H2,1-3H3/t27-/m1/s1. The average Bonchev–Trinajstić information content (AvgIpc) is 3.38. The Balaban J connectivity index is 1.61. The molecule has 0 N–H and O–H groups in total. The van der Waals surface area contributed by atoms with E-state index in [2.05, 4.69) is 0 Å². The normalized spacial score (nSPS) is 15.3. The first-order valence-electron chi connectivity index (χ1n) is 12.6. The van der Waals surface area contributed by atoms with E-state index in [-0.39, 0.29) is 31.3 Å². The molecule has 1 heterocycles. The van der Waals surface area contributed by atoms with Gasteiger partial charge >= 0.3 is 6.18 Å². The molecule has 0 bridgehead atoms. The first kappa shape index (κ1) is 28.0. The van der Waals surface area contributed by atoms with E-state index < -0.39 is 23.6 Å². The van der Waals surface area contributed by atoms with Crippen molar-refractivity contribution in [2.45, 2.75) is 32.5 Å². The lowest BCUT2D eigenvalue weighted by atomic mass is 9.96. The predicted molar refractivity (Wildman–Crippen MR) is 142 cm³/mol. The maximum atomic E-state index is 13.7. The lowest BCUT2D eigenvalue weighted by Crippen LogP contribution is -2.42. The van der Waals surface area contributed by atoms with E-state index in [1.807, 2.05) is 62.4 Å². The van der Waals surface area contributed by atoms with Crippen LogP contribution >= 0.6 is 0 Å². The van der Waals surface area contributed by atoms with Crippen LogP contribution in [-0.2, 0) is 15.7 Å². The molecular weight excluding hydrogens is 507 g/mol. The van der Waals surface area contributed by atoms with Crippen LogP contribution in [-0.4, -0.2) is 54.2 Å². The van der Waals surface area contributed by atoms with Crippen molar-refractivity contribution >= 4 is 17.5 Å². The average molecular weight is 538 g/mol. The summed E-state index contributed by atoms with van der Waals surface area (Å²) in [7, 11) is 1.47. The van der Waals surface area contributed by atoms with Gasteiger partial charge in [0.2, 0.25) is 0 Å². The zero-order chi connectivity index (χ0) is 28.2. The molecule has 3 aromatic carbocycles. The summed E-state index contributed by atoms with van der Waals surface area (Å²) in [6.45, 7) is 3.97. The molecule has 204 valence electrons. The van der Waals surface area contributed by atoms with Crippen LogP contribution in [0.2, 0.25) is 0 Å². The minimum Gasteiger partial charge on any atom is -0.383 e. The largest absolute Gasteiger partial charge is 0.416 e. The highest BCUT2D eigenvalue weighted by Gasteiger charge is 2.35. The molecule has 4 rings (SSSR count). The summed E-state index contributed by atoms with van der Waals surface area (Å²) in [6, 6.07) is 19.2. The van der Waals surface area contributed by atoms with E-state index in [0.717, 1.165) is 52.2 Å². The molecule has 6 nitrogen and oxygen atoms in total. The van der Waals surface area contributed by atoms with Crippen LogP contribution in [0.25, 0.3) is 0 Å². The number of alkyl halides is 3. The number of ether oxygens (including phenoxy) is 1. The molecule has 39 heavy (non-hydrogen) atoms. The van der Waals surface area contributed by atoms with Crippen molar-refractivity contribution < 1.29 is 27.5 Å². The van der Waals surface area contributed by atoms with Crippen LogP contribution in [0.5, 0.6) is 0 Å². The molecule has 0 aromatic heterocycles. The van der Waals surface area contributed by atoms with Crippen molar-refractivity contribution in [2.24, 2.45) is 5.10 Å². The number of carbonyl (C=O) groups excluding carboxylic acids is 2. The lowest BCUT2D eigenvalue weighted by molar-refractivity contribution is -0.137. The number of hydrogen-bond donors (Lipinski definition) is 0. The van der Waals surface area contributed by atoms with E-state index in [4.69, 9.17) is 9.84 Å². The highest BCUT2D eigenvalue weighted by Crippen LogP contribution is 2.33. The molecule has 0 saturated heterocycles. The summed E-state index contributed by atoms with van der Waals surface area (Å²) in [4.78, 5) is 28.2. The number of carbonyl (C=O) groups is 2. The van der Waals surface area contributed by atoms with Gasteiger partial charge in [-0.25, -0.2) is 5.01 Å². The van der Waals surface area contributed by atoms with Gasteiger partial charge < -0.3 is 9.64 Å². The second-order valence-electron chi connectivity index (χ2n) is 9.51. The maximum absolute atomic E-state index is 13.7. The van der Waals surface area contributed by atoms with Crippen molar-refractivity contribution in [1.82, 2.24) is 9.91 Å². The number of rotatable bonds is 8. The highest BCUT2D eigenvalue weighted by molar-refractivity contribution is 6.04. The molecule has 0 saturated carbocycles. The number of aryl methyl sites for hydroxylation is 2. The predicted octanol–water partition coefficient (Wildman–Crippen LogP) is 5.79. The molecule has 0 unspecified atom stereocenters. The first-order chi connectivity index (χ1) is 18.6. The fourth-order valence-corrected chi connectivity index (χ4v) is 4.44. The van der Waals surface area contributed by atoms with Gasteiger partial charge in [-0.1, -0.05) is 42.5 Å². The molecule has 1 aliphatic heterocycles. The van der Waals surface area contributed by atoms with Crippen molar-refractivity contribution in [3.63, 3.8) is 0 Å². The zero-order valence-corrected chi connectivity index (χ0v) is 22.0. The monoisotopic (exact) mass is 537 g/mol. The molecule has 0 radical (unpaired) electrons. The second kappa shape index (κ2) is 11.8. The molecule has 3 aromatic rings. The van der Waals surface area contributed by atoms with Crippen LogP contribution in [0.1, 0.15) is 50.6 Å². The van der Waals surface area contributed by atoms with Gasteiger partial charge in [0.15, 0.2) is 0 Å². The number of halogens is 3. The lowest BCUT2D eigenvalue weighted by Gasteiger charge is -2.27. The Labute approximate surface area is 225 Å². The Morgan fingerprint density at radius 2 is 1.69 bits per heavy atom. The first-order valence-corrected chi connectivity index (χ1v) is 12.6. The van der Waals surface area contributed by atoms with Crippen LogP contribution in [0.4, 0.5) is 13.2 Å². The third kappa shape index (κ3) is 6.54. The van der Waals surface area contributed by atoms with Crippen molar-refractivity contribution in [3.05, 3.63) is 106 Å². The SMILES string of the molecule is COCCN(CC(=O)N1N=C(c2ccc(C)c(C)c2)C[C@@H]1c1ccccc1)C(=O)c1ccc(C(F)(F)F)cc1. The van der Waals surface area contributed by atoms with Gasteiger partial charge in [-0.05, 0) is 66.4 Å². The van der Waals surface area contributed by atoms with E-state index >= 15 is 0 Å². The van der Waals surface area contributed by atoms with Gasteiger partial charge in [0.05, 0.1) is 23.9 Å². The van der Waals surface area contributed by atoms with E-state index in [1.165, 1.54) is 17.0 Å². The van der Waals surface area contributed by atoms with E-state index in [9.17, 15) is 22.8 Å². The van der Waals surface area contributed by atoms with Gasteiger partial charge in [0.1, 0.15) is 6.54 Å². The maximum Gasteiger partial charge on any atom is 0.416 e. The molecule has 0 spiro atoms. The number of methoxy groups -OCH3 is 1. The van der Waals surface area contributed by atoms with Crippen molar-refractivity contribution in [3.8, 4) is 0 Å². The molecule has 0 fully saturated rings. The summed E-state index contributed by atoms with van der Waals surface area (Å²) in [5.74, 6) is -0.970. The zero-order valence-electron chi connectivity index (χ0n) is 22.0. The van der Waals surface area contributed by atoms with E-state index in [0.29, 0.717) is 6.42 Å². The molecule has 9 heteroatoms. The van der Waals surface area contributed by atoms with Crippen molar-refractivity contribution in [1.29, 1.82) is 0 Å². The Morgan fingerprint density at radius 1 is 1.00 bits per heavy atom. The number of nitrogens with zero attached hydrogens (tertiary/aromatic N) is 3. The number of benzene rings is 3. The molecular formula is C30H30F3N3O3. The highest BCUT2D eigenvalue weighted by atomic mass is 19.4. The van der Waals surface area contributed by atoms with E-state index in [1.54, 1.807) is 0 Å². The van der Waals surface area contributed by atoms with Gasteiger partial charge in [0, 0.05) is 25.6 Å². The molecule has 1 atom stereocenters. The Morgan fingerprint density at radius 3 is 2.31 bits per heavy atom. The third-order valence-corrected chi connectivity index (χ3v) is 6.83. The smallest absolute Gasteiger partial charge is 0.383 e. The Kier molecular flexibility index (Phi) is 8.50. The van der Waals surface area contributed by atoms with Crippen LogP contribution < -0.4 is 0 Å². The Bertz CT molecular complexity index is 1360. The van der Waals surface area contributed by atoms with Gasteiger partial charge in [-0.3, -0.25) is 9.59 Å². The summed E-state index contributed by atoms with van der Waals surface area (Å²) in [6.07, 6.45) is -4.01. The summed E-state index contributed by atoms with van der Waals surface area (Å²) < 4.78 is 44.1. The fraction of sp³-hybridized carbons (Fsp3) is 0.300. The topological polar surface area (TPSA) is 62.2 Å².